The van der Waals surface area contributed by atoms with Crippen LogP contribution < -0.4 is 5.32 Å². The average Bonchev–Trinajstić information content (AvgIpc) is 2.55. The van der Waals surface area contributed by atoms with Gasteiger partial charge in [-0.25, -0.2) is 0 Å². The highest BCUT2D eigenvalue weighted by molar-refractivity contribution is 5.21. The molecule has 1 aromatic rings. The third-order valence-corrected chi connectivity index (χ3v) is 4.84. The number of hydrogen-bond acceptors (Lipinski definition) is 2. The molecule has 2 rings (SSSR count). The van der Waals surface area contributed by atoms with Gasteiger partial charge in [0, 0.05) is 31.4 Å². The molecule has 0 spiro atoms. The van der Waals surface area contributed by atoms with Crippen LogP contribution in [0.2, 0.25) is 0 Å². The Labute approximate surface area is 105 Å². The van der Waals surface area contributed by atoms with E-state index >= 15 is 0 Å². The summed E-state index contributed by atoms with van der Waals surface area (Å²) < 4.78 is 1.92. The molecule has 1 N–H and O–H groups in total. The minimum absolute atomic E-state index is 0.404. The van der Waals surface area contributed by atoms with Crippen LogP contribution in [0.15, 0.2) is 6.20 Å². The molecule has 1 heterocycles. The van der Waals surface area contributed by atoms with Crippen molar-refractivity contribution in [2.75, 3.05) is 0 Å². The SMILES string of the molecule is CCc1nn(C)cc1CNC1C(C)(C)C1(C)C. The molecule has 3 heteroatoms. The summed E-state index contributed by atoms with van der Waals surface area (Å²) in [7, 11) is 1.99. The van der Waals surface area contributed by atoms with Crippen LogP contribution in [-0.4, -0.2) is 15.8 Å². The Morgan fingerprint density at radius 2 is 1.88 bits per heavy atom. The first kappa shape index (κ1) is 12.6. The normalized spacial score (nSPS) is 21.8. The monoisotopic (exact) mass is 235 g/mol. The first-order valence-electron chi connectivity index (χ1n) is 6.55. The summed E-state index contributed by atoms with van der Waals surface area (Å²) in [5, 5.41) is 8.16. The lowest BCUT2D eigenvalue weighted by Gasteiger charge is -2.05. The number of aromatic nitrogens is 2. The van der Waals surface area contributed by atoms with E-state index in [1.807, 2.05) is 11.7 Å². The highest BCUT2D eigenvalue weighted by Gasteiger charge is 2.64. The Bertz CT molecular complexity index is 401. The molecule has 0 saturated heterocycles. The van der Waals surface area contributed by atoms with Crippen LogP contribution in [0.1, 0.15) is 45.9 Å². The Kier molecular flexibility index (Phi) is 2.85. The molecule has 1 aliphatic carbocycles. The first-order valence-corrected chi connectivity index (χ1v) is 6.55. The average molecular weight is 235 g/mol. The largest absolute Gasteiger partial charge is 0.309 e. The molecule has 0 bridgehead atoms. The summed E-state index contributed by atoms with van der Waals surface area (Å²) >= 11 is 0. The second-order valence-electron chi connectivity index (χ2n) is 6.39. The van der Waals surface area contributed by atoms with Gasteiger partial charge in [0.25, 0.3) is 0 Å². The van der Waals surface area contributed by atoms with E-state index in [-0.39, 0.29) is 0 Å². The molecular formula is C14H25N3. The Morgan fingerprint density at radius 3 is 2.35 bits per heavy atom. The molecule has 0 aromatic carbocycles. The highest BCUT2D eigenvalue weighted by atomic mass is 15.3. The smallest absolute Gasteiger partial charge is 0.0666 e. The van der Waals surface area contributed by atoms with Crippen LogP contribution in [0, 0.1) is 10.8 Å². The Balaban J connectivity index is 2.00. The van der Waals surface area contributed by atoms with Gasteiger partial charge in [0.2, 0.25) is 0 Å². The zero-order valence-electron chi connectivity index (χ0n) is 12.0. The summed E-state index contributed by atoms with van der Waals surface area (Å²) in [6, 6.07) is 0.611. The number of aryl methyl sites for hydroxylation is 2. The van der Waals surface area contributed by atoms with E-state index in [1.54, 1.807) is 0 Å². The lowest BCUT2D eigenvalue weighted by molar-refractivity contribution is 0.457. The molecule has 3 nitrogen and oxygen atoms in total. The zero-order chi connectivity index (χ0) is 12.8. The predicted octanol–water partition coefficient (Wildman–Crippen LogP) is 2.51. The van der Waals surface area contributed by atoms with Crippen LogP contribution in [-0.2, 0) is 20.0 Å². The fourth-order valence-corrected chi connectivity index (χ4v) is 2.95. The summed E-state index contributed by atoms with van der Waals surface area (Å²) in [6.45, 7) is 12.5. The van der Waals surface area contributed by atoms with Crippen LogP contribution in [0.3, 0.4) is 0 Å². The highest BCUT2D eigenvalue weighted by Crippen LogP contribution is 2.62. The molecule has 1 aromatic heterocycles. The van der Waals surface area contributed by atoms with Crippen molar-refractivity contribution in [3.8, 4) is 0 Å². The predicted molar refractivity (Wildman–Crippen MR) is 70.8 cm³/mol. The van der Waals surface area contributed by atoms with Crippen molar-refractivity contribution >= 4 is 0 Å². The Hall–Kier alpha value is -0.830. The molecule has 0 atom stereocenters. The van der Waals surface area contributed by atoms with Gasteiger partial charge in [0.05, 0.1) is 5.69 Å². The van der Waals surface area contributed by atoms with Gasteiger partial charge >= 0.3 is 0 Å². The van der Waals surface area contributed by atoms with Gasteiger partial charge in [-0.1, -0.05) is 34.6 Å². The quantitative estimate of drug-likeness (QED) is 0.869. The van der Waals surface area contributed by atoms with Crippen molar-refractivity contribution < 1.29 is 0 Å². The molecular weight excluding hydrogens is 210 g/mol. The molecule has 1 saturated carbocycles. The standard InChI is InChI=1S/C14H25N3/c1-7-11-10(9-17(6)16-11)8-15-12-13(2,3)14(12,4)5/h9,12,15H,7-8H2,1-6H3. The fraction of sp³-hybridized carbons (Fsp3) is 0.786. The van der Waals surface area contributed by atoms with E-state index in [9.17, 15) is 0 Å². The van der Waals surface area contributed by atoms with Crippen molar-refractivity contribution in [3.05, 3.63) is 17.5 Å². The molecule has 0 aliphatic heterocycles. The minimum atomic E-state index is 0.404. The first-order chi connectivity index (χ1) is 7.80. The molecule has 96 valence electrons. The van der Waals surface area contributed by atoms with Crippen molar-refractivity contribution in [1.82, 2.24) is 15.1 Å². The van der Waals surface area contributed by atoms with Crippen molar-refractivity contribution in [2.24, 2.45) is 17.9 Å². The third-order valence-electron chi connectivity index (χ3n) is 4.84. The van der Waals surface area contributed by atoms with Crippen molar-refractivity contribution in [2.45, 2.75) is 53.6 Å². The van der Waals surface area contributed by atoms with Gasteiger partial charge in [0.1, 0.15) is 0 Å². The van der Waals surface area contributed by atoms with Crippen molar-refractivity contribution in [1.29, 1.82) is 0 Å². The molecule has 1 fully saturated rings. The minimum Gasteiger partial charge on any atom is -0.309 e. The van der Waals surface area contributed by atoms with E-state index in [4.69, 9.17) is 0 Å². The maximum Gasteiger partial charge on any atom is 0.0666 e. The number of nitrogens with zero attached hydrogens (tertiary/aromatic N) is 2. The van der Waals surface area contributed by atoms with Crippen LogP contribution in [0.5, 0.6) is 0 Å². The maximum atomic E-state index is 4.48. The summed E-state index contributed by atoms with van der Waals surface area (Å²) in [6.07, 6.45) is 3.14. The van der Waals surface area contributed by atoms with Gasteiger partial charge in [-0.05, 0) is 17.3 Å². The topological polar surface area (TPSA) is 29.9 Å². The van der Waals surface area contributed by atoms with E-state index < -0.39 is 0 Å². The number of hydrogen-bond donors (Lipinski definition) is 1. The van der Waals surface area contributed by atoms with E-state index in [2.05, 4.69) is 51.2 Å². The molecule has 0 radical (unpaired) electrons. The van der Waals surface area contributed by atoms with Crippen LogP contribution in [0.4, 0.5) is 0 Å². The van der Waals surface area contributed by atoms with Crippen LogP contribution >= 0.6 is 0 Å². The summed E-state index contributed by atoms with van der Waals surface area (Å²) in [4.78, 5) is 0. The summed E-state index contributed by atoms with van der Waals surface area (Å²) in [5.41, 5.74) is 3.37. The Morgan fingerprint density at radius 1 is 1.29 bits per heavy atom. The second-order valence-corrected chi connectivity index (χ2v) is 6.39. The summed E-state index contributed by atoms with van der Waals surface area (Å²) in [5.74, 6) is 0. The van der Waals surface area contributed by atoms with Gasteiger partial charge in [-0.3, -0.25) is 4.68 Å². The number of rotatable bonds is 4. The molecule has 0 amide bonds. The van der Waals surface area contributed by atoms with Crippen molar-refractivity contribution in [3.63, 3.8) is 0 Å². The maximum absolute atomic E-state index is 4.48. The molecule has 1 aliphatic rings. The van der Waals surface area contributed by atoms with Gasteiger partial charge in [-0.2, -0.15) is 5.10 Å². The number of nitrogens with one attached hydrogen (secondary N) is 1. The molecule has 0 unspecified atom stereocenters. The third kappa shape index (κ3) is 1.90. The molecule has 17 heavy (non-hydrogen) atoms. The van der Waals surface area contributed by atoms with E-state index in [1.165, 1.54) is 11.3 Å². The van der Waals surface area contributed by atoms with Gasteiger partial charge in [-0.15, -0.1) is 0 Å². The van der Waals surface area contributed by atoms with E-state index in [0.717, 1.165) is 13.0 Å². The fourth-order valence-electron chi connectivity index (χ4n) is 2.95. The second kappa shape index (κ2) is 3.84. The van der Waals surface area contributed by atoms with Crippen LogP contribution in [0.25, 0.3) is 0 Å². The van der Waals surface area contributed by atoms with Gasteiger partial charge < -0.3 is 5.32 Å². The lowest BCUT2D eigenvalue weighted by Crippen LogP contribution is -2.22. The zero-order valence-corrected chi connectivity index (χ0v) is 12.0. The van der Waals surface area contributed by atoms with Gasteiger partial charge in [0.15, 0.2) is 0 Å². The lowest BCUT2D eigenvalue weighted by atomic mass is 10.0. The van der Waals surface area contributed by atoms with E-state index in [0.29, 0.717) is 16.9 Å².